The number of amides is 1. The topological polar surface area (TPSA) is 63.1 Å². The molecule has 1 aliphatic heterocycles. The van der Waals surface area contributed by atoms with E-state index in [1.165, 1.54) is 34.0 Å². The smallest absolute Gasteiger partial charge is 0.282 e. The number of hydrogen-bond acceptors (Lipinski definition) is 4. The van der Waals surface area contributed by atoms with Crippen molar-refractivity contribution in [2.75, 3.05) is 30.5 Å². The number of nitrogens with zero attached hydrogens (tertiary/aromatic N) is 4. The number of benzene rings is 1. The van der Waals surface area contributed by atoms with Crippen LogP contribution in [0.3, 0.4) is 0 Å². The minimum Gasteiger partial charge on any atom is -0.358 e. The molecule has 0 atom stereocenters. The molecule has 0 spiro atoms. The molecule has 1 amide bonds. The van der Waals surface area contributed by atoms with E-state index < -0.39 is 23.6 Å². The summed E-state index contributed by atoms with van der Waals surface area (Å²) < 4.78 is 74.1. The van der Waals surface area contributed by atoms with Crippen LogP contribution in [0.25, 0.3) is 16.7 Å². The van der Waals surface area contributed by atoms with Crippen molar-refractivity contribution in [2.24, 2.45) is 0 Å². The highest BCUT2D eigenvalue weighted by atomic mass is 19.3. The Balaban J connectivity index is 0.000000335. The van der Waals surface area contributed by atoms with Gasteiger partial charge in [-0.25, -0.2) is 31.6 Å². The SMILES string of the molecule is CCC(C)(C)F.CF.FC1CC1.O=CNc1ccc(F)c(-n2cc3cc(N4CC(F)(F)C4)cnc3n2)c1. The minimum absolute atomic E-state index is 0.141. The maximum atomic E-state index is 14.1. The predicted molar refractivity (Wildman–Crippen MR) is 132 cm³/mol. The lowest BCUT2D eigenvalue weighted by Gasteiger charge is -2.40. The number of carbonyl (C=O) groups is 1. The van der Waals surface area contributed by atoms with Crippen molar-refractivity contribution in [2.45, 2.75) is 57.8 Å². The molecule has 2 aromatic heterocycles. The summed E-state index contributed by atoms with van der Waals surface area (Å²) in [6.07, 6.45) is 5.35. The molecule has 0 radical (unpaired) electrons. The average molecular weight is 532 g/mol. The van der Waals surface area contributed by atoms with Crippen LogP contribution in [0.4, 0.5) is 37.7 Å². The lowest BCUT2D eigenvalue weighted by molar-refractivity contribution is -0.105. The van der Waals surface area contributed by atoms with E-state index in [0.29, 0.717) is 42.4 Å². The van der Waals surface area contributed by atoms with Gasteiger partial charge in [0, 0.05) is 17.3 Å². The fourth-order valence-electron chi connectivity index (χ4n) is 2.80. The van der Waals surface area contributed by atoms with Crippen LogP contribution >= 0.6 is 0 Å². The molecule has 2 aliphatic rings. The van der Waals surface area contributed by atoms with Crippen LogP contribution in [0, 0.1) is 5.82 Å². The second kappa shape index (κ2) is 12.8. The van der Waals surface area contributed by atoms with E-state index in [1.807, 2.05) is 6.92 Å². The number of fused-ring (bicyclic) bond motifs is 1. The van der Waals surface area contributed by atoms with Crippen molar-refractivity contribution < 1.29 is 31.1 Å². The molecule has 0 bridgehead atoms. The zero-order valence-corrected chi connectivity index (χ0v) is 21.1. The van der Waals surface area contributed by atoms with Crippen molar-refractivity contribution in [3.8, 4) is 5.69 Å². The van der Waals surface area contributed by atoms with Gasteiger partial charge in [-0.15, -0.1) is 5.10 Å². The number of carbonyl (C=O) groups excluding carboxylic acids is 1. The number of hydrogen-bond donors (Lipinski definition) is 1. The Morgan fingerprint density at radius 2 is 1.78 bits per heavy atom. The Labute approximate surface area is 211 Å². The predicted octanol–water partition coefficient (Wildman–Crippen LogP) is 6.43. The summed E-state index contributed by atoms with van der Waals surface area (Å²) >= 11 is 0. The molecule has 6 nitrogen and oxygen atoms in total. The number of alkyl halides is 5. The van der Waals surface area contributed by atoms with Crippen LogP contribution in [-0.2, 0) is 4.79 Å². The van der Waals surface area contributed by atoms with Crippen LogP contribution in [0.15, 0.2) is 36.7 Å². The molecular formula is C25H31F6N5O. The van der Waals surface area contributed by atoms with Gasteiger partial charge in [0.05, 0.1) is 32.2 Å². The van der Waals surface area contributed by atoms with Gasteiger partial charge < -0.3 is 10.2 Å². The van der Waals surface area contributed by atoms with Gasteiger partial charge in [-0.2, -0.15) is 0 Å². The fourth-order valence-corrected chi connectivity index (χ4v) is 2.80. The van der Waals surface area contributed by atoms with Gasteiger partial charge >= 0.3 is 0 Å². The Kier molecular flexibility index (Phi) is 10.3. The largest absolute Gasteiger partial charge is 0.358 e. The van der Waals surface area contributed by atoms with Gasteiger partial charge in [0.1, 0.15) is 23.3 Å². The Bertz CT molecular complexity index is 1150. The van der Waals surface area contributed by atoms with Gasteiger partial charge in [0.15, 0.2) is 5.65 Å². The summed E-state index contributed by atoms with van der Waals surface area (Å²) in [4.78, 5) is 16.2. The molecule has 1 saturated carbocycles. The van der Waals surface area contributed by atoms with E-state index in [-0.39, 0.29) is 18.8 Å². The molecule has 2 fully saturated rings. The number of halogens is 6. The number of aromatic nitrogens is 3. The van der Waals surface area contributed by atoms with E-state index >= 15 is 0 Å². The van der Waals surface area contributed by atoms with Gasteiger partial charge in [0.25, 0.3) is 5.92 Å². The third kappa shape index (κ3) is 9.25. The quantitative estimate of drug-likeness (QED) is 0.304. The van der Waals surface area contributed by atoms with E-state index in [0.717, 1.165) is 12.8 Å². The molecule has 1 N–H and O–H groups in total. The third-order valence-corrected chi connectivity index (χ3v) is 5.32. The highest BCUT2D eigenvalue weighted by Gasteiger charge is 2.44. The van der Waals surface area contributed by atoms with Crippen LogP contribution in [0.5, 0.6) is 0 Å². The first-order valence-corrected chi connectivity index (χ1v) is 11.6. The second-order valence-electron chi connectivity index (χ2n) is 9.07. The maximum absolute atomic E-state index is 14.1. The maximum Gasteiger partial charge on any atom is 0.282 e. The molecular weight excluding hydrogens is 500 g/mol. The fraction of sp³-hybridized carbons (Fsp3) is 0.480. The number of anilines is 2. The summed E-state index contributed by atoms with van der Waals surface area (Å²) in [5.74, 6) is -3.19. The zero-order valence-electron chi connectivity index (χ0n) is 21.1. The van der Waals surface area contributed by atoms with Crippen LogP contribution in [0.1, 0.15) is 40.0 Å². The van der Waals surface area contributed by atoms with E-state index in [4.69, 9.17) is 0 Å². The first-order valence-electron chi connectivity index (χ1n) is 11.6. The summed E-state index contributed by atoms with van der Waals surface area (Å²) in [5, 5.41) is 7.24. The van der Waals surface area contributed by atoms with Gasteiger partial charge in [0.2, 0.25) is 6.41 Å². The van der Waals surface area contributed by atoms with Crippen LogP contribution in [-0.4, -0.2) is 59.2 Å². The molecule has 3 heterocycles. The summed E-state index contributed by atoms with van der Waals surface area (Å²) in [5.41, 5.74) is 0.531. The molecule has 5 rings (SSSR count). The Morgan fingerprint density at radius 3 is 2.27 bits per heavy atom. The summed E-state index contributed by atoms with van der Waals surface area (Å²) in [6.45, 7) is 4.30. The van der Waals surface area contributed by atoms with Crippen molar-refractivity contribution in [1.29, 1.82) is 0 Å². The standard InChI is InChI=1S/C16H12F3N5O.C5H11F.C3H5F.CH3F/c17-13-2-1-11(21-9-25)4-14(13)24-6-10-3-12(5-20-15(10)22-24)23-7-16(18,19)8-23;1-4-5(2,3)6;4-3-1-2-3;1-2/h1-6,9H,7-8H2,(H,21,25);4H2,1-3H3;3H,1-2H2;1H3. The molecule has 204 valence electrons. The van der Waals surface area contributed by atoms with Crippen molar-refractivity contribution in [3.05, 3.63) is 42.5 Å². The molecule has 1 aliphatic carbocycles. The zero-order chi connectivity index (χ0) is 27.8. The summed E-state index contributed by atoms with van der Waals surface area (Å²) in [6, 6.07) is 5.77. The minimum atomic E-state index is -2.67. The molecule has 3 aromatic rings. The van der Waals surface area contributed by atoms with E-state index in [2.05, 4.69) is 15.4 Å². The normalized spacial score (nSPS) is 15.7. The third-order valence-electron chi connectivity index (χ3n) is 5.32. The Hall–Kier alpha value is -3.31. The Morgan fingerprint density at radius 1 is 1.19 bits per heavy atom. The highest BCUT2D eigenvalue weighted by molar-refractivity contribution is 5.79. The van der Waals surface area contributed by atoms with Gasteiger partial charge in [-0.05, 0) is 57.4 Å². The van der Waals surface area contributed by atoms with E-state index in [9.17, 15) is 31.1 Å². The molecule has 12 heteroatoms. The van der Waals surface area contributed by atoms with Crippen molar-refractivity contribution in [1.82, 2.24) is 14.8 Å². The molecule has 1 saturated heterocycles. The van der Waals surface area contributed by atoms with Crippen LogP contribution in [0.2, 0.25) is 0 Å². The van der Waals surface area contributed by atoms with Crippen molar-refractivity contribution >= 4 is 28.8 Å². The van der Waals surface area contributed by atoms with E-state index in [1.54, 1.807) is 26.1 Å². The number of nitrogens with one attached hydrogen (secondary N) is 1. The van der Waals surface area contributed by atoms with Crippen LogP contribution < -0.4 is 10.2 Å². The highest BCUT2D eigenvalue weighted by Crippen LogP contribution is 2.32. The molecule has 1 aromatic carbocycles. The number of pyridine rings is 1. The van der Waals surface area contributed by atoms with Crippen molar-refractivity contribution in [3.63, 3.8) is 0 Å². The molecule has 37 heavy (non-hydrogen) atoms. The molecule has 0 unspecified atom stereocenters. The average Bonchev–Trinajstić information content (AvgIpc) is 3.51. The lowest BCUT2D eigenvalue weighted by atomic mass is 10.1. The first kappa shape index (κ1) is 29.9. The summed E-state index contributed by atoms with van der Waals surface area (Å²) in [7, 11) is 0.500. The monoisotopic (exact) mass is 531 g/mol. The second-order valence-corrected chi connectivity index (χ2v) is 9.07. The number of rotatable bonds is 5. The lowest BCUT2D eigenvalue weighted by Crippen LogP contribution is -2.56. The van der Waals surface area contributed by atoms with Gasteiger partial charge in [-0.1, -0.05) is 6.92 Å². The van der Waals surface area contributed by atoms with Gasteiger partial charge in [-0.3, -0.25) is 9.18 Å². The first-order chi connectivity index (χ1) is 17.4.